The Morgan fingerprint density at radius 2 is 2.19 bits per heavy atom. The summed E-state index contributed by atoms with van der Waals surface area (Å²) in [5, 5.41) is 0. The van der Waals surface area contributed by atoms with E-state index in [2.05, 4.69) is 36.0 Å². The molecule has 16 heavy (non-hydrogen) atoms. The van der Waals surface area contributed by atoms with E-state index >= 15 is 0 Å². The van der Waals surface area contributed by atoms with Crippen molar-refractivity contribution in [1.29, 1.82) is 0 Å². The van der Waals surface area contributed by atoms with Crippen LogP contribution in [0.5, 0.6) is 0 Å². The van der Waals surface area contributed by atoms with Crippen LogP contribution < -0.4 is 10.6 Å². The quantitative estimate of drug-likeness (QED) is 0.843. The van der Waals surface area contributed by atoms with Gasteiger partial charge in [0.15, 0.2) is 0 Å². The Labute approximate surface area is 97.7 Å². The number of rotatable bonds is 4. The molecule has 1 aliphatic carbocycles. The molecule has 0 bridgehead atoms. The molecule has 2 N–H and O–H groups in total. The first-order chi connectivity index (χ1) is 7.74. The van der Waals surface area contributed by atoms with E-state index in [4.69, 9.17) is 5.73 Å². The molecular formula is C13H21N3. The highest BCUT2D eigenvalue weighted by atomic mass is 15.2. The largest absolute Gasteiger partial charge is 0.357 e. The van der Waals surface area contributed by atoms with Crippen molar-refractivity contribution >= 4 is 5.82 Å². The molecule has 2 rings (SSSR count). The van der Waals surface area contributed by atoms with Gasteiger partial charge in [0, 0.05) is 25.3 Å². The topological polar surface area (TPSA) is 42.1 Å². The average Bonchev–Trinajstić information content (AvgIpc) is 2.26. The summed E-state index contributed by atoms with van der Waals surface area (Å²) in [4.78, 5) is 6.98. The lowest BCUT2D eigenvalue weighted by Crippen LogP contribution is -2.37. The number of hydrogen-bond acceptors (Lipinski definition) is 3. The molecule has 0 unspecified atom stereocenters. The van der Waals surface area contributed by atoms with Gasteiger partial charge in [-0.3, -0.25) is 0 Å². The fraction of sp³-hybridized carbons (Fsp3) is 0.615. The minimum Gasteiger partial charge on any atom is -0.357 e. The molecule has 0 atom stereocenters. The third-order valence-electron chi connectivity index (χ3n) is 3.51. The van der Waals surface area contributed by atoms with Gasteiger partial charge in [-0.1, -0.05) is 6.92 Å². The van der Waals surface area contributed by atoms with Crippen LogP contribution in [0.25, 0.3) is 0 Å². The van der Waals surface area contributed by atoms with Crippen molar-refractivity contribution in [1.82, 2.24) is 4.98 Å². The molecule has 3 nitrogen and oxygen atoms in total. The first-order valence-electron chi connectivity index (χ1n) is 6.17. The zero-order valence-electron chi connectivity index (χ0n) is 10.2. The Morgan fingerprint density at radius 1 is 1.44 bits per heavy atom. The third-order valence-corrected chi connectivity index (χ3v) is 3.51. The average molecular weight is 219 g/mol. The van der Waals surface area contributed by atoms with Gasteiger partial charge in [0.2, 0.25) is 0 Å². The summed E-state index contributed by atoms with van der Waals surface area (Å²) in [7, 11) is 2.14. The van der Waals surface area contributed by atoms with Crippen molar-refractivity contribution < 1.29 is 0 Å². The van der Waals surface area contributed by atoms with Gasteiger partial charge in [-0.25, -0.2) is 4.98 Å². The Balaban J connectivity index is 2.24. The predicted octanol–water partition coefficient (Wildman–Crippen LogP) is 2.09. The molecule has 1 heterocycles. The Morgan fingerprint density at radius 3 is 2.69 bits per heavy atom. The summed E-state index contributed by atoms with van der Waals surface area (Å²) in [5.74, 6) is 1.09. The number of anilines is 1. The molecule has 1 aromatic heterocycles. The molecule has 0 radical (unpaired) electrons. The number of pyridine rings is 1. The van der Waals surface area contributed by atoms with Crippen LogP contribution >= 0.6 is 0 Å². The number of nitrogens with two attached hydrogens (primary N) is 1. The fourth-order valence-electron chi connectivity index (χ4n) is 2.07. The predicted molar refractivity (Wildman–Crippen MR) is 67.5 cm³/mol. The van der Waals surface area contributed by atoms with E-state index in [1.54, 1.807) is 0 Å². The minimum atomic E-state index is 0.598. The smallest absolute Gasteiger partial charge is 0.129 e. The van der Waals surface area contributed by atoms with Gasteiger partial charge in [0.05, 0.1) is 0 Å². The lowest BCUT2D eigenvalue weighted by Gasteiger charge is -2.35. The van der Waals surface area contributed by atoms with Gasteiger partial charge < -0.3 is 10.6 Å². The van der Waals surface area contributed by atoms with Crippen LogP contribution in [0.1, 0.15) is 37.4 Å². The van der Waals surface area contributed by atoms with Crippen molar-refractivity contribution in [3.05, 3.63) is 23.4 Å². The molecular weight excluding hydrogens is 198 g/mol. The van der Waals surface area contributed by atoms with Crippen molar-refractivity contribution in [2.24, 2.45) is 5.73 Å². The molecule has 1 fully saturated rings. The van der Waals surface area contributed by atoms with Crippen LogP contribution in [0, 0.1) is 0 Å². The van der Waals surface area contributed by atoms with Crippen LogP contribution in [-0.4, -0.2) is 18.1 Å². The maximum absolute atomic E-state index is 5.72. The number of aromatic nitrogens is 1. The first kappa shape index (κ1) is 11.4. The number of nitrogens with zero attached hydrogens (tertiary/aromatic N) is 2. The Hall–Kier alpha value is -1.09. The van der Waals surface area contributed by atoms with E-state index in [0.29, 0.717) is 12.6 Å². The van der Waals surface area contributed by atoms with Crippen LogP contribution in [-0.2, 0) is 13.0 Å². The highest BCUT2D eigenvalue weighted by molar-refractivity contribution is 5.43. The van der Waals surface area contributed by atoms with Gasteiger partial charge in [0.1, 0.15) is 5.82 Å². The summed E-state index contributed by atoms with van der Waals surface area (Å²) in [6.45, 7) is 2.73. The van der Waals surface area contributed by atoms with E-state index in [-0.39, 0.29) is 0 Å². The standard InChI is InChI=1S/C13H21N3/c1-3-11-7-10(9-14)8-13(15-11)16(2)12-5-4-6-12/h7-8,12H,3-6,9,14H2,1-2H3. The summed E-state index contributed by atoms with van der Waals surface area (Å²) in [6.07, 6.45) is 4.92. The SMILES string of the molecule is CCc1cc(CN)cc(N(C)C2CCC2)n1. The molecule has 1 saturated carbocycles. The highest BCUT2D eigenvalue weighted by Gasteiger charge is 2.23. The normalized spacial score (nSPS) is 15.9. The van der Waals surface area contributed by atoms with E-state index in [9.17, 15) is 0 Å². The second-order valence-corrected chi connectivity index (χ2v) is 4.58. The van der Waals surface area contributed by atoms with Crippen LogP contribution in [0.2, 0.25) is 0 Å². The van der Waals surface area contributed by atoms with Crippen molar-refractivity contribution in [3.63, 3.8) is 0 Å². The molecule has 88 valence electrons. The maximum Gasteiger partial charge on any atom is 0.129 e. The van der Waals surface area contributed by atoms with Crippen LogP contribution in [0.15, 0.2) is 12.1 Å². The highest BCUT2D eigenvalue weighted by Crippen LogP contribution is 2.27. The Bertz CT molecular complexity index is 336. The summed E-state index contributed by atoms with van der Waals surface area (Å²) >= 11 is 0. The number of hydrogen-bond donors (Lipinski definition) is 1. The monoisotopic (exact) mass is 219 g/mol. The van der Waals surface area contributed by atoms with Crippen LogP contribution in [0.4, 0.5) is 5.82 Å². The number of aryl methyl sites for hydroxylation is 1. The summed E-state index contributed by atoms with van der Waals surface area (Å²) < 4.78 is 0. The van der Waals surface area contributed by atoms with Gasteiger partial charge in [0.25, 0.3) is 0 Å². The Kier molecular flexibility index (Phi) is 3.44. The third kappa shape index (κ3) is 2.19. The second-order valence-electron chi connectivity index (χ2n) is 4.58. The molecule has 0 spiro atoms. The van der Waals surface area contributed by atoms with Gasteiger partial charge in [-0.2, -0.15) is 0 Å². The zero-order chi connectivity index (χ0) is 11.5. The molecule has 0 saturated heterocycles. The van der Waals surface area contributed by atoms with Crippen LogP contribution in [0.3, 0.4) is 0 Å². The lowest BCUT2D eigenvalue weighted by molar-refractivity contribution is 0.399. The fourth-order valence-corrected chi connectivity index (χ4v) is 2.07. The molecule has 1 aromatic rings. The van der Waals surface area contributed by atoms with Crippen molar-refractivity contribution in [3.8, 4) is 0 Å². The van der Waals surface area contributed by atoms with Gasteiger partial charge in [-0.05, 0) is 43.4 Å². The van der Waals surface area contributed by atoms with E-state index in [0.717, 1.165) is 17.9 Å². The first-order valence-corrected chi connectivity index (χ1v) is 6.17. The summed E-state index contributed by atoms with van der Waals surface area (Å²) in [5.41, 5.74) is 8.05. The van der Waals surface area contributed by atoms with E-state index in [1.165, 1.54) is 24.8 Å². The molecule has 3 heteroatoms. The van der Waals surface area contributed by atoms with E-state index in [1.807, 2.05) is 0 Å². The lowest BCUT2D eigenvalue weighted by atomic mass is 9.92. The molecule has 0 aliphatic heterocycles. The van der Waals surface area contributed by atoms with Gasteiger partial charge in [-0.15, -0.1) is 0 Å². The molecule has 0 aromatic carbocycles. The second kappa shape index (κ2) is 4.83. The van der Waals surface area contributed by atoms with Crippen molar-refractivity contribution in [2.45, 2.75) is 45.2 Å². The maximum atomic E-state index is 5.72. The van der Waals surface area contributed by atoms with Crippen molar-refractivity contribution in [2.75, 3.05) is 11.9 Å². The minimum absolute atomic E-state index is 0.598. The van der Waals surface area contributed by atoms with Gasteiger partial charge >= 0.3 is 0 Å². The zero-order valence-corrected chi connectivity index (χ0v) is 10.2. The molecule has 1 aliphatic rings. The van der Waals surface area contributed by atoms with E-state index < -0.39 is 0 Å². The summed E-state index contributed by atoms with van der Waals surface area (Å²) in [6, 6.07) is 4.92. The molecule has 0 amide bonds.